The first-order valence-electron chi connectivity index (χ1n) is 5.87. The van der Waals surface area contributed by atoms with Gasteiger partial charge in [-0.3, -0.25) is 0 Å². The third kappa shape index (κ3) is 3.08. The van der Waals surface area contributed by atoms with Crippen LogP contribution in [0.4, 0.5) is 0 Å². The van der Waals surface area contributed by atoms with Gasteiger partial charge in [0.05, 0.1) is 0 Å². The molecule has 3 nitrogen and oxygen atoms in total. The summed E-state index contributed by atoms with van der Waals surface area (Å²) < 4.78 is 5.75. The molecule has 2 aromatic rings. The summed E-state index contributed by atoms with van der Waals surface area (Å²) in [6.45, 7) is 1.88. The number of carboxylic acids is 1. The van der Waals surface area contributed by atoms with Crippen LogP contribution < -0.4 is 4.74 Å². The van der Waals surface area contributed by atoms with E-state index < -0.39 is 5.97 Å². The van der Waals surface area contributed by atoms with E-state index in [1.165, 1.54) is 11.8 Å². The monoisotopic (exact) mass is 308 g/mol. The van der Waals surface area contributed by atoms with Crippen LogP contribution in [0.1, 0.15) is 15.9 Å². The van der Waals surface area contributed by atoms with Gasteiger partial charge in [0.2, 0.25) is 0 Å². The summed E-state index contributed by atoms with van der Waals surface area (Å²) >= 11 is 7.31. The van der Waals surface area contributed by atoms with Crippen LogP contribution in [0.25, 0.3) is 0 Å². The highest BCUT2D eigenvalue weighted by Gasteiger charge is 2.17. The Morgan fingerprint density at radius 3 is 2.65 bits per heavy atom. The smallest absolute Gasteiger partial charge is 0.340 e. The molecule has 0 heterocycles. The lowest BCUT2D eigenvalue weighted by molar-refractivity contribution is 0.0690. The maximum absolute atomic E-state index is 11.4. The molecule has 0 spiro atoms. The molecule has 2 aromatic carbocycles. The summed E-state index contributed by atoms with van der Waals surface area (Å²) in [7, 11) is 0. The maximum atomic E-state index is 11.4. The molecule has 0 fully saturated rings. The predicted molar refractivity (Wildman–Crippen MR) is 81.4 cm³/mol. The molecule has 0 saturated heterocycles. The lowest BCUT2D eigenvalue weighted by Crippen LogP contribution is -2.02. The molecule has 2 rings (SSSR count). The summed E-state index contributed by atoms with van der Waals surface area (Å²) in [5.74, 6) is -0.141. The fourth-order valence-electron chi connectivity index (χ4n) is 1.78. The van der Waals surface area contributed by atoms with Crippen molar-refractivity contribution in [1.82, 2.24) is 0 Å². The first-order chi connectivity index (χ1) is 9.52. The topological polar surface area (TPSA) is 46.5 Å². The minimum atomic E-state index is -1.01. The summed E-state index contributed by atoms with van der Waals surface area (Å²) in [6.07, 6.45) is 1.83. The molecular formula is C15H13ClO3S. The van der Waals surface area contributed by atoms with Crippen LogP contribution in [-0.2, 0) is 0 Å². The number of thioether (sulfide) groups is 1. The highest BCUT2D eigenvalue weighted by atomic mass is 35.5. The van der Waals surface area contributed by atoms with E-state index in [2.05, 4.69) is 0 Å². The molecule has 0 bridgehead atoms. The molecule has 104 valence electrons. The molecule has 1 N–H and O–H groups in total. The van der Waals surface area contributed by atoms with Crippen LogP contribution >= 0.6 is 23.4 Å². The van der Waals surface area contributed by atoms with E-state index in [1.54, 1.807) is 30.3 Å². The van der Waals surface area contributed by atoms with Gasteiger partial charge >= 0.3 is 5.97 Å². The van der Waals surface area contributed by atoms with Gasteiger partial charge in [0.1, 0.15) is 17.1 Å². The zero-order valence-electron chi connectivity index (χ0n) is 11.0. The summed E-state index contributed by atoms with van der Waals surface area (Å²) in [4.78, 5) is 12.1. The quantitative estimate of drug-likeness (QED) is 0.819. The lowest BCUT2D eigenvalue weighted by Gasteiger charge is -2.13. The van der Waals surface area contributed by atoms with E-state index in [9.17, 15) is 9.90 Å². The SMILES string of the molecule is CSc1cccc(Oc2cc(Cl)ccc2C)c1C(=O)O. The normalized spacial score (nSPS) is 10.3. The Morgan fingerprint density at radius 2 is 2.00 bits per heavy atom. The summed E-state index contributed by atoms with van der Waals surface area (Å²) in [5.41, 5.74) is 1.06. The van der Waals surface area contributed by atoms with Gasteiger partial charge in [-0.05, 0) is 43.0 Å². The molecule has 5 heteroatoms. The van der Waals surface area contributed by atoms with Crippen molar-refractivity contribution in [2.75, 3.05) is 6.26 Å². The molecule has 0 aromatic heterocycles. The first-order valence-corrected chi connectivity index (χ1v) is 7.47. The van der Waals surface area contributed by atoms with Crippen LogP contribution in [0.2, 0.25) is 5.02 Å². The molecule has 20 heavy (non-hydrogen) atoms. The number of halogens is 1. The third-order valence-corrected chi connectivity index (χ3v) is 3.81. The van der Waals surface area contributed by atoms with Crippen molar-refractivity contribution in [2.24, 2.45) is 0 Å². The number of carboxylic acid groups (broad SMARTS) is 1. The summed E-state index contributed by atoms with van der Waals surface area (Å²) in [6, 6.07) is 10.4. The van der Waals surface area contributed by atoms with E-state index >= 15 is 0 Å². The third-order valence-electron chi connectivity index (χ3n) is 2.79. The van der Waals surface area contributed by atoms with E-state index in [1.807, 2.05) is 19.2 Å². The largest absolute Gasteiger partial charge is 0.478 e. The van der Waals surface area contributed by atoms with Crippen molar-refractivity contribution in [3.05, 3.63) is 52.5 Å². The number of hydrogen-bond donors (Lipinski definition) is 1. The van der Waals surface area contributed by atoms with Gasteiger partial charge in [-0.25, -0.2) is 4.79 Å². The Hall–Kier alpha value is -1.65. The average Bonchev–Trinajstić information content (AvgIpc) is 2.42. The minimum absolute atomic E-state index is 0.166. The van der Waals surface area contributed by atoms with Crippen LogP contribution in [0.5, 0.6) is 11.5 Å². The van der Waals surface area contributed by atoms with Gasteiger partial charge in [0.25, 0.3) is 0 Å². The Balaban J connectivity index is 2.48. The van der Waals surface area contributed by atoms with E-state index in [0.29, 0.717) is 21.4 Å². The van der Waals surface area contributed by atoms with Crippen LogP contribution in [0.15, 0.2) is 41.3 Å². The predicted octanol–water partition coefficient (Wildman–Crippen LogP) is 4.86. The highest BCUT2D eigenvalue weighted by molar-refractivity contribution is 7.98. The number of aryl methyl sites for hydroxylation is 1. The van der Waals surface area contributed by atoms with Gasteiger partial charge in [-0.2, -0.15) is 0 Å². The van der Waals surface area contributed by atoms with Crippen molar-refractivity contribution >= 4 is 29.3 Å². The Bertz CT molecular complexity index is 656. The molecule has 0 amide bonds. The highest BCUT2D eigenvalue weighted by Crippen LogP contribution is 2.34. The molecule has 0 saturated carbocycles. The van der Waals surface area contributed by atoms with E-state index in [4.69, 9.17) is 16.3 Å². The van der Waals surface area contributed by atoms with Gasteiger partial charge < -0.3 is 9.84 Å². The van der Waals surface area contributed by atoms with Gasteiger partial charge in [0, 0.05) is 9.92 Å². The number of carbonyl (C=O) groups is 1. The van der Waals surface area contributed by atoms with Crippen LogP contribution in [-0.4, -0.2) is 17.3 Å². The van der Waals surface area contributed by atoms with Gasteiger partial charge in [-0.1, -0.05) is 23.7 Å². The summed E-state index contributed by atoms with van der Waals surface area (Å²) in [5, 5.41) is 9.91. The average molecular weight is 309 g/mol. The second-order valence-electron chi connectivity index (χ2n) is 4.15. The van der Waals surface area contributed by atoms with Crippen molar-refractivity contribution in [3.8, 4) is 11.5 Å². The standard InChI is InChI=1S/C15H13ClO3S/c1-9-6-7-10(16)8-12(9)19-11-4-3-5-13(20-2)14(11)15(17)18/h3-8H,1-2H3,(H,17,18). The minimum Gasteiger partial charge on any atom is -0.478 e. The zero-order chi connectivity index (χ0) is 14.7. The van der Waals surface area contributed by atoms with Crippen molar-refractivity contribution in [2.45, 2.75) is 11.8 Å². The Kier molecular flexibility index (Phi) is 4.57. The van der Waals surface area contributed by atoms with Crippen LogP contribution in [0, 0.1) is 6.92 Å². The molecule has 0 aliphatic heterocycles. The fraction of sp³-hybridized carbons (Fsp3) is 0.133. The number of ether oxygens (including phenoxy) is 1. The number of hydrogen-bond acceptors (Lipinski definition) is 3. The van der Waals surface area contributed by atoms with Crippen molar-refractivity contribution < 1.29 is 14.6 Å². The lowest BCUT2D eigenvalue weighted by atomic mass is 10.2. The van der Waals surface area contributed by atoms with Crippen molar-refractivity contribution in [1.29, 1.82) is 0 Å². The second-order valence-corrected chi connectivity index (χ2v) is 5.43. The Labute approximate surface area is 126 Å². The molecule has 0 atom stereocenters. The number of aromatic carboxylic acids is 1. The van der Waals surface area contributed by atoms with E-state index in [0.717, 1.165) is 5.56 Å². The Morgan fingerprint density at radius 1 is 1.25 bits per heavy atom. The zero-order valence-corrected chi connectivity index (χ0v) is 12.6. The van der Waals surface area contributed by atoms with Crippen LogP contribution in [0.3, 0.4) is 0 Å². The van der Waals surface area contributed by atoms with Crippen molar-refractivity contribution in [3.63, 3.8) is 0 Å². The fourth-order valence-corrected chi connectivity index (χ4v) is 2.55. The number of benzene rings is 2. The maximum Gasteiger partial charge on any atom is 0.340 e. The number of rotatable bonds is 4. The molecular weight excluding hydrogens is 296 g/mol. The molecule has 0 aliphatic carbocycles. The molecule has 0 aliphatic rings. The van der Waals surface area contributed by atoms with E-state index in [-0.39, 0.29) is 5.56 Å². The van der Waals surface area contributed by atoms with Gasteiger partial charge in [-0.15, -0.1) is 11.8 Å². The second kappa shape index (κ2) is 6.20. The first kappa shape index (κ1) is 14.8. The molecule has 0 unspecified atom stereocenters. The van der Waals surface area contributed by atoms with Gasteiger partial charge in [0.15, 0.2) is 0 Å². The molecule has 0 radical (unpaired) electrons.